The number of rotatable bonds is 2. The number of aromatic amines is 1. The Balaban J connectivity index is 1.61. The maximum absolute atomic E-state index is 12.1. The Labute approximate surface area is 132 Å². The summed E-state index contributed by atoms with van der Waals surface area (Å²) in [6.45, 7) is 2.64. The second-order valence-electron chi connectivity index (χ2n) is 5.73. The number of aromatic nitrogens is 2. The molecule has 4 nitrogen and oxygen atoms in total. The van der Waals surface area contributed by atoms with Crippen molar-refractivity contribution in [1.82, 2.24) is 14.9 Å². The van der Waals surface area contributed by atoms with Crippen LogP contribution in [0.4, 0.5) is 0 Å². The molecule has 0 fully saturated rings. The van der Waals surface area contributed by atoms with Gasteiger partial charge in [0.15, 0.2) is 0 Å². The van der Waals surface area contributed by atoms with Crippen LogP contribution in [0.5, 0.6) is 0 Å². The number of nitrogens with one attached hydrogen (secondary N) is 1. The molecule has 112 valence electrons. The first kappa shape index (κ1) is 13.7. The van der Waals surface area contributed by atoms with Crippen LogP contribution in [0.2, 0.25) is 0 Å². The highest BCUT2D eigenvalue weighted by molar-refractivity contribution is 7.17. The number of H-pyrrole nitrogens is 1. The zero-order chi connectivity index (χ0) is 14.9. The van der Waals surface area contributed by atoms with Crippen molar-refractivity contribution in [2.24, 2.45) is 0 Å². The fraction of sp³-hybridized carbons (Fsp3) is 0.294. The molecular weight excluding hydrogens is 294 g/mol. The number of aryl methyl sites for hydroxylation is 1. The number of hydrogen-bond donors (Lipinski definition) is 1. The average molecular weight is 311 g/mol. The van der Waals surface area contributed by atoms with Gasteiger partial charge in [0.25, 0.3) is 5.56 Å². The van der Waals surface area contributed by atoms with E-state index in [0.29, 0.717) is 11.2 Å². The van der Waals surface area contributed by atoms with Crippen molar-refractivity contribution < 1.29 is 0 Å². The number of thiophene rings is 1. The Morgan fingerprint density at radius 1 is 1.23 bits per heavy atom. The van der Waals surface area contributed by atoms with Crippen molar-refractivity contribution in [3.8, 4) is 0 Å². The lowest BCUT2D eigenvalue weighted by atomic mass is 10.0. The number of nitrogens with zero attached hydrogens (tertiary/aromatic N) is 2. The predicted molar refractivity (Wildman–Crippen MR) is 89.1 cm³/mol. The first-order valence-corrected chi connectivity index (χ1v) is 8.43. The van der Waals surface area contributed by atoms with Crippen LogP contribution in [0.1, 0.15) is 23.4 Å². The van der Waals surface area contributed by atoms with E-state index >= 15 is 0 Å². The fourth-order valence-corrected chi connectivity index (χ4v) is 3.84. The van der Waals surface area contributed by atoms with Gasteiger partial charge in [-0.3, -0.25) is 9.69 Å². The Bertz CT molecular complexity index is 867. The third-order valence-electron chi connectivity index (χ3n) is 4.17. The van der Waals surface area contributed by atoms with Gasteiger partial charge in [0.1, 0.15) is 10.5 Å². The summed E-state index contributed by atoms with van der Waals surface area (Å²) < 4.78 is 0.713. The van der Waals surface area contributed by atoms with E-state index in [4.69, 9.17) is 0 Å². The van der Waals surface area contributed by atoms with E-state index < -0.39 is 0 Å². The minimum absolute atomic E-state index is 0.0229. The Morgan fingerprint density at radius 2 is 2.09 bits per heavy atom. The van der Waals surface area contributed by atoms with Crippen LogP contribution in [-0.4, -0.2) is 21.4 Å². The summed E-state index contributed by atoms with van der Waals surface area (Å²) in [5.41, 5.74) is 3.61. The largest absolute Gasteiger partial charge is 0.308 e. The summed E-state index contributed by atoms with van der Waals surface area (Å²) in [6.07, 6.45) is 2.27. The molecule has 22 heavy (non-hydrogen) atoms. The van der Waals surface area contributed by atoms with Gasteiger partial charge in [-0.1, -0.05) is 24.3 Å². The van der Waals surface area contributed by atoms with E-state index in [0.717, 1.165) is 37.3 Å². The Kier molecular flexibility index (Phi) is 3.52. The van der Waals surface area contributed by atoms with Crippen molar-refractivity contribution in [2.75, 3.05) is 6.54 Å². The third kappa shape index (κ3) is 2.58. The van der Waals surface area contributed by atoms with Crippen LogP contribution < -0.4 is 5.56 Å². The molecule has 1 N–H and O–H groups in total. The summed E-state index contributed by atoms with van der Waals surface area (Å²) >= 11 is 1.44. The molecule has 0 unspecified atom stereocenters. The van der Waals surface area contributed by atoms with Gasteiger partial charge in [-0.25, -0.2) is 4.98 Å². The van der Waals surface area contributed by atoms with Gasteiger partial charge in [0, 0.05) is 6.54 Å². The van der Waals surface area contributed by atoms with Gasteiger partial charge in [0.05, 0.1) is 12.1 Å². The van der Waals surface area contributed by atoms with E-state index in [1.165, 1.54) is 22.5 Å². The quantitative estimate of drug-likeness (QED) is 0.791. The monoisotopic (exact) mass is 311 g/mol. The SMILES string of the molecule is O=c1[nH]c(CN2CCCc3ccccc3C2)nc2ccsc12. The molecule has 0 amide bonds. The third-order valence-corrected chi connectivity index (χ3v) is 5.07. The molecule has 1 aliphatic rings. The highest BCUT2D eigenvalue weighted by Gasteiger charge is 2.15. The van der Waals surface area contributed by atoms with E-state index in [1.54, 1.807) is 0 Å². The van der Waals surface area contributed by atoms with Crippen LogP contribution in [0, 0.1) is 0 Å². The van der Waals surface area contributed by atoms with Gasteiger partial charge >= 0.3 is 0 Å². The highest BCUT2D eigenvalue weighted by atomic mass is 32.1. The predicted octanol–water partition coefficient (Wildman–Crippen LogP) is 2.93. The van der Waals surface area contributed by atoms with Crippen LogP contribution >= 0.6 is 11.3 Å². The van der Waals surface area contributed by atoms with Crippen LogP contribution in [-0.2, 0) is 19.5 Å². The molecule has 0 bridgehead atoms. The molecule has 3 heterocycles. The van der Waals surface area contributed by atoms with Gasteiger partial charge < -0.3 is 4.98 Å². The van der Waals surface area contributed by atoms with Gasteiger partial charge in [0.2, 0.25) is 0 Å². The average Bonchev–Trinajstić information content (AvgIpc) is 2.88. The lowest BCUT2D eigenvalue weighted by molar-refractivity contribution is 0.254. The molecule has 0 aliphatic carbocycles. The molecule has 0 atom stereocenters. The molecule has 0 saturated heterocycles. The van der Waals surface area contributed by atoms with Crippen LogP contribution in [0.25, 0.3) is 10.2 Å². The van der Waals surface area contributed by atoms with Crippen molar-refractivity contribution in [3.63, 3.8) is 0 Å². The van der Waals surface area contributed by atoms with Crippen molar-refractivity contribution >= 4 is 21.6 Å². The van der Waals surface area contributed by atoms with E-state index in [2.05, 4.69) is 39.1 Å². The Hall–Kier alpha value is -1.98. The summed E-state index contributed by atoms with van der Waals surface area (Å²) in [7, 11) is 0. The second-order valence-corrected chi connectivity index (χ2v) is 6.65. The van der Waals surface area contributed by atoms with Gasteiger partial charge in [-0.15, -0.1) is 11.3 Å². The fourth-order valence-electron chi connectivity index (χ4n) is 3.11. The zero-order valence-electron chi connectivity index (χ0n) is 12.2. The molecular formula is C17H17N3OS. The van der Waals surface area contributed by atoms with Gasteiger partial charge in [-0.05, 0) is 42.0 Å². The number of benzene rings is 1. The first-order chi connectivity index (χ1) is 10.8. The zero-order valence-corrected chi connectivity index (χ0v) is 13.0. The molecule has 0 spiro atoms. The summed E-state index contributed by atoms with van der Waals surface area (Å²) in [5, 5.41) is 1.92. The molecule has 5 heteroatoms. The standard InChI is InChI=1S/C17H17N3OS/c21-17-16-14(7-9-22-16)18-15(19-17)11-20-8-3-6-12-4-1-2-5-13(12)10-20/h1-2,4-5,7,9H,3,6,8,10-11H2,(H,18,19,21). The molecule has 1 aliphatic heterocycles. The first-order valence-electron chi connectivity index (χ1n) is 7.55. The van der Waals surface area contributed by atoms with Gasteiger partial charge in [-0.2, -0.15) is 0 Å². The summed E-state index contributed by atoms with van der Waals surface area (Å²) in [5.74, 6) is 0.760. The number of fused-ring (bicyclic) bond motifs is 2. The maximum Gasteiger partial charge on any atom is 0.268 e. The van der Waals surface area contributed by atoms with Crippen LogP contribution in [0.15, 0.2) is 40.5 Å². The molecule has 1 aromatic carbocycles. The minimum Gasteiger partial charge on any atom is -0.308 e. The van der Waals surface area contributed by atoms with Crippen molar-refractivity contribution in [1.29, 1.82) is 0 Å². The molecule has 0 saturated carbocycles. The van der Waals surface area contributed by atoms with E-state index in [9.17, 15) is 4.79 Å². The lowest BCUT2D eigenvalue weighted by Crippen LogP contribution is -2.25. The molecule has 2 aromatic heterocycles. The molecule has 3 aromatic rings. The second kappa shape index (κ2) is 5.66. The van der Waals surface area contributed by atoms with Crippen molar-refractivity contribution in [2.45, 2.75) is 25.9 Å². The summed E-state index contributed by atoms with van der Waals surface area (Å²) in [6, 6.07) is 10.5. The van der Waals surface area contributed by atoms with E-state index in [1.807, 2.05) is 11.4 Å². The van der Waals surface area contributed by atoms with Crippen molar-refractivity contribution in [3.05, 3.63) is 63.0 Å². The van der Waals surface area contributed by atoms with E-state index in [-0.39, 0.29) is 5.56 Å². The number of hydrogen-bond acceptors (Lipinski definition) is 4. The summed E-state index contributed by atoms with van der Waals surface area (Å²) in [4.78, 5) is 21.9. The highest BCUT2D eigenvalue weighted by Crippen LogP contribution is 2.20. The normalized spacial score (nSPS) is 15.6. The lowest BCUT2D eigenvalue weighted by Gasteiger charge is -2.19. The maximum atomic E-state index is 12.1. The molecule has 4 rings (SSSR count). The topological polar surface area (TPSA) is 49.0 Å². The minimum atomic E-state index is -0.0229. The smallest absolute Gasteiger partial charge is 0.268 e. The van der Waals surface area contributed by atoms with Crippen LogP contribution in [0.3, 0.4) is 0 Å². The molecule has 0 radical (unpaired) electrons. The Morgan fingerprint density at radius 3 is 3.00 bits per heavy atom.